The van der Waals surface area contributed by atoms with Gasteiger partial charge in [-0.2, -0.15) is 0 Å². The Morgan fingerprint density at radius 3 is 2.15 bits per heavy atom. The molecule has 6 nitrogen and oxygen atoms in total. The maximum Gasteiger partial charge on any atom is 0.254 e. The number of rotatable bonds is 12. The highest BCUT2D eigenvalue weighted by Gasteiger charge is 2.35. The molecule has 3 rings (SSSR count). The minimum Gasteiger partial charge on any atom is -0.497 e. The summed E-state index contributed by atoms with van der Waals surface area (Å²) in [6, 6.07) is 19.9. The van der Waals surface area contributed by atoms with Crippen molar-refractivity contribution in [1.82, 2.24) is 10.2 Å². The van der Waals surface area contributed by atoms with Crippen LogP contribution in [0.2, 0.25) is 0 Å². The molecule has 1 unspecified atom stereocenters. The third kappa shape index (κ3) is 9.34. The minimum atomic E-state index is -0.807. The molecule has 41 heavy (non-hydrogen) atoms. The van der Waals surface area contributed by atoms with Crippen molar-refractivity contribution in [3.05, 3.63) is 95.3 Å². The van der Waals surface area contributed by atoms with Crippen LogP contribution >= 0.6 is 0 Å². The summed E-state index contributed by atoms with van der Waals surface area (Å²) in [5, 5.41) is 3.23. The van der Waals surface area contributed by atoms with Gasteiger partial charge in [-0.15, -0.1) is 0 Å². The zero-order valence-corrected chi connectivity index (χ0v) is 25.3. The van der Waals surface area contributed by atoms with E-state index >= 15 is 0 Å². The van der Waals surface area contributed by atoms with Gasteiger partial charge in [0.2, 0.25) is 5.91 Å². The highest BCUT2D eigenvalue weighted by Crippen LogP contribution is 2.30. The molecule has 0 bridgehead atoms. The number of amides is 2. The Hall–Kier alpha value is -3.87. The van der Waals surface area contributed by atoms with E-state index in [-0.39, 0.29) is 23.8 Å². The number of nitrogens with one attached hydrogen (secondary N) is 1. The number of carbonyl (C=O) groups is 2. The average Bonchev–Trinajstić information content (AvgIpc) is 2.91. The predicted molar refractivity (Wildman–Crippen MR) is 161 cm³/mol. The van der Waals surface area contributed by atoms with Crippen LogP contribution in [0.3, 0.4) is 0 Å². The molecule has 3 aromatic rings. The first-order valence-corrected chi connectivity index (χ1v) is 14.0. The molecule has 2 amide bonds. The number of methoxy groups -OCH3 is 2. The van der Waals surface area contributed by atoms with Crippen LogP contribution in [-0.2, 0) is 17.8 Å². The van der Waals surface area contributed by atoms with Crippen LogP contribution in [0.1, 0.15) is 68.9 Å². The number of nitrogens with zero attached hydrogens (tertiary/aromatic N) is 1. The summed E-state index contributed by atoms with van der Waals surface area (Å²) in [4.78, 5) is 29.8. The van der Waals surface area contributed by atoms with E-state index in [0.29, 0.717) is 29.9 Å². The third-order valence-corrected chi connectivity index (χ3v) is 6.85. The Bertz CT molecular complexity index is 1300. The zero-order chi connectivity index (χ0) is 30.2. The molecule has 0 aliphatic carbocycles. The first kappa shape index (κ1) is 31.7. The Kier molecular flexibility index (Phi) is 10.5. The molecule has 0 radical (unpaired) electrons. The van der Waals surface area contributed by atoms with Crippen molar-refractivity contribution in [2.24, 2.45) is 5.41 Å². The lowest BCUT2D eigenvalue weighted by Crippen LogP contribution is -2.55. The van der Waals surface area contributed by atoms with Crippen molar-refractivity contribution in [2.75, 3.05) is 14.2 Å². The molecule has 7 heteroatoms. The lowest BCUT2D eigenvalue weighted by Gasteiger charge is -2.37. The Balaban J connectivity index is 2.06. The molecule has 220 valence electrons. The summed E-state index contributed by atoms with van der Waals surface area (Å²) < 4.78 is 24.7. The van der Waals surface area contributed by atoms with Gasteiger partial charge in [0, 0.05) is 22.7 Å². The molecule has 0 aliphatic heterocycles. The number of aryl methyl sites for hydroxylation is 1. The van der Waals surface area contributed by atoms with Gasteiger partial charge < -0.3 is 19.7 Å². The van der Waals surface area contributed by atoms with Gasteiger partial charge in [0.25, 0.3) is 5.91 Å². The van der Waals surface area contributed by atoms with Crippen LogP contribution in [0.4, 0.5) is 4.39 Å². The van der Waals surface area contributed by atoms with Gasteiger partial charge in [-0.05, 0) is 80.5 Å². The van der Waals surface area contributed by atoms with Crippen molar-refractivity contribution >= 4 is 11.8 Å². The van der Waals surface area contributed by atoms with Gasteiger partial charge in [-0.1, -0.05) is 51.1 Å². The summed E-state index contributed by atoms with van der Waals surface area (Å²) in [5.74, 6) is 0.107. The standard InChI is InChI=1S/C34H43FN2O4/c1-33(2,3)23-34(4,5)36-31(38)29(20-13-24-11-9-8-10-12-24)37(32(39)25-14-17-27(35)18-15-25)22-26-16-19-28(40-6)21-30(26)41-7/h8-12,14-19,21,29H,13,20,22-23H2,1-7H3,(H,36,38). The summed E-state index contributed by atoms with van der Waals surface area (Å²) in [6.07, 6.45) is 1.73. The molecule has 0 aliphatic rings. The molecule has 1 atom stereocenters. The number of hydrogen-bond donors (Lipinski definition) is 1. The molecular weight excluding hydrogens is 519 g/mol. The number of benzene rings is 3. The van der Waals surface area contributed by atoms with Gasteiger partial charge >= 0.3 is 0 Å². The quantitative estimate of drug-likeness (QED) is 0.263. The highest BCUT2D eigenvalue weighted by molar-refractivity contribution is 5.97. The van der Waals surface area contributed by atoms with Gasteiger partial charge in [0.15, 0.2) is 0 Å². The Morgan fingerprint density at radius 2 is 1.56 bits per heavy atom. The van der Waals surface area contributed by atoms with Crippen molar-refractivity contribution in [3.8, 4) is 11.5 Å². The Morgan fingerprint density at radius 1 is 0.902 bits per heavy atom. The third-order valence-electron chi connectivity index (χ3n) is 6.85. The van der Waals surface area contributed by atoms with Crippen LogP contribution in [-0.4, -0.2) is 42.5 Å². The molecular formula is C34H43FN2O4. The molecule has 0 aromatic heterocycles. The minimum absolute atomic E-state index is 0.0175. The Labute approximate surface area is 243 Å². The van der Waals surface area contributed by atoms with Crippen molar-refractivity contribution in [2.45, 2.75) is 72.0 Å². The second-order valence-corrected chi connectivity index (χ2v) is 12.3. The van der Waals surface area contributed by atoms with E-state index in [1.54, 1.807) is 31.3 Å². The fraction of sp³-hybridized carbons (Fsp3) is 0.412. The van der Waals surface area contributed by atoms with E-state index in [0.717, 1.165) is 17.5 Å². The van der Waals surface area contributed by atoms with Crippen molar-refractivity contribution in [1.29, 1.82) is 0 Å². The van der Waals surface area contributed by atoms with E-state index in [4.69, 9.17) is 9.47 Å². The fourth-order valence-electron chi connectivity index (χ4n) is 5.41. The monoisotopic (exact) mass is 562 g/mol. The molecule has 0 fully saturated rings. The van der Waals surface area contributed by atoms with Crippen LogP contribution in [0.5, 0.6) is 11.5 Å². The van der Waals surface area contributed by atoms with Crippen LogP contribution in [0.15, 0.2) is 72.8 Å². The smallest absolute Gasteiger partial charge is 0.254 e. The fourth-order valence-corrected chi connectivity index (χ4v) is 5.41. The maximum absolute atomic E-state index is 14.1. The van der Waals surface area contributed by atoms with E-state index in [1.807, 2.05) is 50.2 Å². The summed E-state index contributed by atoms with van der Waals surface area (Å²) >= 11 is 0. The van der Waals surface area contributed by atoms with E-state index in [1.165, 1.54) is 24.3 Å². The van der Waals surface area contributed by atoms with E-state index < -0.39 is 17.4 Å². The number of hydrogen-bond acceptors (Lipinski definition) is 4. The number of ether oxygens (including phenoxy) is 2. The summed E-state index contributed by atoms with van der Waals surface area (Å²) in [6.45, 7) is 10.5. The van der Waals surface area contributed by atoms with Gasteiger partial charge in [0.1, 0.15) is 23.4 Å². The van der Waals surface area contributed by atoms with Crippen LogP contribution in [0.25, 0.3) is 0 Å². The molecule has 3 aromatic carbocycles. The normalized spacial score (nSPS) is 12.4. The van der Waals surface area contributed by atoms with Crippen molar-refractivity contribution in [3.63, 3.8) is 0 Å². The largest absolute Gasteiger partial charge is 0.497 e. The van der Waals surface area contributed by atoms with Crippen LogP contribution < -0.4 is 14.8 Å². The van der Waals surface area contributed by atoms with Gasteiger partial charge in [-0.25, -0.2) is 4.39 Å². The lowest BCUT2D eigenvalue weighted by atomic mass is 9.81. The second kappa shape index (κ2) is 13.7. The van der Waals surface area contributed by atoms with Crippen LogP contribution in [0, 0.1) is 11.2 Å². The molecule has 0 saturated heterocycles. The van der Waals surface area contributed by atoms with Gasteiger partial charge in [-0.3, -0.25) is 9.59 Å². The number of halogens is 1. The van der Waals surface area contributed by atoms with E-state index in [2.05, 4.69) is 26.1 Å². The molecule has 0 saturated carbocycles. The average molecular weight is 563 g/mol. The maximum atomic E-state index is 14.1. The predicted octanol–water partition coefficient (Wildman–Crippen LogP) is 6.82. The van der Waals surface area contributed by atoms with E-state index in [9.17, 15) is 14.0 Å². The first-order chi connectivity index (χ1) is 19.3. The van der Waals surface area contributed by atoms with Gasteiger partial charge in [0.05, 0.1) is 20.8 Å². The number of carbonyl (C=O) groups excluding carboxylic acids is 2. The highest BCUT2D eigenvalue weighted by atomic mass is 19.1. The second-order valence-electron chi connectivity index (χ2n) is 12.3. The molecule has 1 N–H and O–H groups in total. The zero-order valence-electron chi connectivity index (χ0n) is 25.3. The molecule has 0 spiro atoms. The topological polar surface area (TPSA) is 67.9 Å². The SMILES string of the molecule is COc1ccc(CN(C(=O)c2ccc(F)cc2)C(CCc2ccccc2)C(=O)NC(C)(C)CC(C)(C)C)c(OC)c1. The first-order valence-electron chi connectivity index (χ1n) is 14.0. The summed E-state index contributed by atoms with van der Waals surface area (Å²) in [7, 11) is 3.13. The molecule has 0 heterocycles. The summed E-state index contributed by atoms with van der Waals surface area (Å²) in [5.41, 5.74) is 1.55. The lowest BCUT2D eigenvalue weighted by molar-refractivity contribution is -0.128. The van der Waals surface area contributed by atoms with Crippen molar-refractivity contribution < 1.29 is 23.5 Å².